The molecule has 0 saturated heterocycles. The Morgan fingerprint density at radius 2 is 1.93 bits per heavy atom. The first-order valence-electron chi connectivity index (χ1n) is 10.1. The van der Waals surface area contributed by atoms with E-state index >= 15 is 0 Å². The molecule has 1 aromatic heterocycles. The first-order valence-corrected chi connectivity index (χ1v) is 10.1. The zero-order valence-corrected chi connectivity index (χ0v) is 16.3. The summed E-state index contributed by atoms with van der Waals surface area (Å²) in [5.74, 6) is 0.892. The second-order valence-corrected chi connectivity index (χ2v) is 7.27. The third-order valence-corrected chi connectivity index (χ3v) is 5.17. The monoisotopic (exact) mass is 379 g/mol. The highest BCUT2D eigenvalue weighted by molar-refractivity contribution is 5.78. The van der Waals surface area contributed by atoms with Gasteiger partial charge in [0.2, 0.25) is 0 Å². The third kappa shape index (κ3) is 5.03. The number of hydrogen-bond donors (Lipinski definition) is 3. The number of nitrogens with two attached hydrogens (primary N) is 2. The number of anilines is 1. The molecule has 1 saturated carbocycles. The van der Waals surface area contributed by atoms with Crippen molar-refractivity contribution in [1.82, 2.24) is 15.1 Å². The van der Waals surface area contributed by atoms with Gasteiger partial charge >= 0.3 is 0 Å². The second kappa shape index (κ2) is 9.79. The Labute approximate surface area is 166 Å². The highest BCUT2D eigenvalue weighted by atomic mass is 15.3. The lowest BCUT2D eigenvalue weighted by Crippen LogP contribution is -2.39. The molecule has 1 heterocycles. The molecular weight excluding hydrogens is 350 g/mol. The van der Waals surface area contributed by atoms with Gasteiger partial charge in [0.05, 0.1) is 11.4 Å². The maximum atomic E-state index is 9.47. The van der Waals surface area contributed by atoms with Crippen LogP contribution in [0.4, 0.5) is 5.82 Å². The lowest BCUT2D eigenvalue weighted by molar-refractivity contribution is 0.530. The van der Waals surface area contributed by atoms with Crippen LogP contribution in [0.5, 0.6) is 0 Å². The van der Waals surface area contributed by atoms with Gasteiger partial charge in [0.15, 0.2) is 5.96 Å². The second-order valence-electron chi connectivity index (χ2n) is 7.27. The SMILES string of the molecule is N#Cc1c(CCCN=C(N)NC2CCCCCC2)nn(-c2ccccc2)c1N. The molecule has 0 bridgehead atoms. The largest absolute Gasteiger partial charge is 0.382 e. The van der Waals surface area contributed by atoms with Crippen molar-refractivity contribution in [2.75, 3.05) is 12.3 Å². The number of rotatable bonds is 6. The van der Waals surface area contributed by atoms with E-state index in [0.717, 1.165) is 24.9 Å². The fraction of sp³-hybridized carbons (Fsp3) is 0.476. The molecule has 3 rings (SSSR count). The van der Waals surface area contributed by atoms with Crippen LogP contribution < -0.4 is 16.8 Å². The van der Waals surface area contributed by atoms with Crippen LogP contribution in [0.15, 0.2) is 35.3 Å². The smallest absolute Gasteiger partial charge is 0.188 e. The van der Waals surface area contributed by atoms with E-state index in [1.54, 1.807) is 4.68 Å². The van der Waals surface area contributed by atoms with Crippen LogP contribution in [0.2, 0.25) is 0 Å². The molecule has 28 heavy (non-hydrogen) atoms. The molecule has 1 aliphatic rings. The molecule has 0 unspecified atom stereocenters. The van der Waals surface area contributed by atoms with Crippen molar-refractivity contribution < 1.29 is 0 Å². The molecule has 1 aliphatic carbocycles. The van der Waals surface area contributed by atoms with E-state index in [0.29, 0.717) is 42.0 Å². The number of aromatic nitrogens is 2. The van der Waals surface area contributed by atoms with E-state index in [-0.39, 0.29) is 0 Å². The maximum absolute atomic E-state index is 9.47. The number of nitrogen functional groups attached to an aromatic ring is 1. The molecule has 1 fully saturated rings. The Kier molecular flexibility index (Phi) is 6.90. The van der Waals surface area contributed by atoms with Crippen molar-refractivity contribution in [3.8, 4) is 11.8 Å². The van der Waals surface area contributed by atoms with Crippen LogP contribution in [-0.4, -0.2) is 28.3 Å². The van der Waals surface area contributed by atoms with E-state index in [1.807, 2.05) is 30.3 Å². The first kappa shape index (κ1) is 19.7. The van der Waals surface area contributed by atoms with Gasteiger partial charge in [-0.1, -0.05) is 43.9 Å². The maximum Gasteiger partial charge on any atom is 0.188 e. The van der Waals surface area contributed by atoms with Crippen molar-refractivity contribution in [1.29, 1.82) is 5.26 Å². The molecule has 7 heteroatoms. The predicted molar refractivity (Wildman–Crippen MR) is 112 cm³/mol. The first-order chi connectivity index (χ1) is 13.7. The highest BCUT2D eigenvalue weighted by Crippen LogP contribution is 2.21. The quantitative estimate of drug-likeness (QED) is 0.309. The van der Waals surface area contributed by atoms with Crippen LogP contribution in [-0.2, 0) is 6.42 Å². The minimum absolute atomic E-state index is 0.377. The van der Waals surface area contributed by atoms with Crippen molar-refractivity contribution in [3.63, 3.8) is 0 Å². The van der Waals surface area contributed by atoms with Gasteiger partial charge in [0, 0.05) is 12.6 Å². The number of nitrogens with one attached hydrogen (secondary N) is 1. The summed E-state index contributed by atoms with van der Waals surface area (Å²) in [4.78, 5) is 4.44. The number of nitrogens with zero attached hydrogens (tertiary/aromatic N) is 4. The molecular formula is C21H29N7. The Balaban J connectivity index is 1.56. The number of aliphatic imine (C=N–C) groups is 1. The summed E-state index contributed by atoms with van der Waals surface area (Å²) in [6.45, 7) is 0.592. The summed E-state index contributed by atoms with van der Waals surface area (Å²) in [5.41, 5.74) is 14.2. The average molecular weight is 380 g/mol. The number of benzene rings is 1. The molecule has 7 nitrogen and oxygen atoms in total. The predicted octanol–water partition coefficient (Wildman–Crippen LogP) is 2.89. The minimum atomic E-state index is 0.377. The van der Waals surface area contributed by atoms with Gasteiger partial charge < -0.3 is 16.8 Å². The van der Waals surface area contributed by atoms with Crippen molar-refractivity contribution >= 4 is 11.8 Å². The summed E-state index contributed by atoms with van der Waals surface area (Å²) >= 11 is 0. The number of para-hydroxylation sites is 1. The van der Waals surface area contributed by atoms with Crippen LogP contribution in [0, 0.1) is 11.3 Å². The Morgan fingerprint density at radius 1 is 1.21 bits per heavy atom. The summed E-state index contributed by atoms with van der Waals surface area (Å²) in [6.07, 6.45) is 8.86. The molecule has 0 aliphatic heterocycles. The summed E-state index contributed by atoms with van der Waals surface area (Å²) in [6, 6.07) is 12.2. The van der Waals surface area contributed by atoms with Crippen molar-refractivity contribution in [3.05, 3.63) is 41.6 Å². The summed E-state index contributed by atoms with van der Waals surface area (Å²) in [7, 11) is 0. The molecule has 0 radical (unpaired) electrons. The molecule has 0 spiro atoms. The van der Waals surface area contributed by atoms with Gasteiger partial charge in [-0.2, -0.15) is 10.4 Å². The molecule has 5 N–H and O–H groups in total. The number of aryl methyl sites for hydroxylation is 1. The Morgan fingerprint density at radius 3 is 2.61 bits per heavy atom. The molecule has 0 atom stereocenters. The lowest BCUT2D eigenvalue weighted by atomic mass is 10.1. The van der Waals surface area contributed by atoms with Gasteiger partial charge in [-0.25, -0.2) is 4.68 Å². The van der Waals surface area contributed by atoms with E-state index in [9.17, 15) is 5.26 Å². The molecule has 0 amide bonds. The van der Waals surface area contributed by atoms with E-state index in [2.05, 4.69) is 21.5 Å². The van der Waals surface area contributed by atoms with Crippen LogP contribution >= 0.6 is 0 Å². The molecule has 148 valence electrons. The highest BCUT2D eigenvalue weighted by Gasteiger charge is 2.16. The number of guanidine groups is 1. The number of hydrogen-bond acceptors (Lipinski definition) is 4. The molecule has 1 aromatic carbocycles. The summed E-state index contributed by atoms with van der Waals surface area (Å²) in [5, 5.41) is 17.4. The fourth-order valence-corrected chi connectivity index (χ4v) is 3.67. The van der Waals surface area contributed by atoms with Gasteiger partial charge in [-0.15, -0.1) is 0 Å². The van der Waals surface area contributed by atoms with Gasteiger partial charge in [0.1, 0.15) is 17.5 Å². The standard InChI is InChI=1S/C21H29N7/c22-15-18-19(27-28(20(18)23)17-11-6-3-7-12-17)13-8-14-25-21(24)26-16-9-4-1-2-5-10-16/h3,6-7,11-12,16H,1-2,4-5,8-10,13-14,23H2,(H3,24,25,26). The van der Waals surface area contributed by atoms with Gasteiger partial charge in [-0.05, 0) is 37.8 Å². The Hall–Kier alpha value is -3.01. The summed E-state index contributed by atoms with van der Waals surface area (Å²) < 4.78 is 1.62. The molecule has 2 aromatic rings. The van der Waals surface area contributed by atoms with E-state index < -0.39 is 0 Å². The topological polar surface area (TPSA) is 118 Å². The van der Waals surface area contributed by atoms with E-state index in [4.69, 9.17) is 11.5 Å². The average Bonchev–Trinajstić information content (AvgIpc) is 2.85. The fourth-order valence-electron chi connectivity index (χ4n) is 3.67. The zero-order valence-electron chi connectivity index (χ0n) is 16.3. The van der Waals surface area contributed by atoms with E-state index in [1.165, 1.54) is 25.7 Å². The van der Waals surface area contributed by atoms with Crippen LogP contribution in [0.3, 0.4) is 0 Å². The normalized spacial score (nSPS) is 15.8. The van der Waals surface area contributed by atoms with Gasteiger partial charge in [-0.3, -0.25) is 4.99 Å². The van der Waals surface area contributed by atoms with Gasteiger partial charge in [0.25, 0.3) is 0 Å². The Bertz CT molecular complexity index is 824. The van der Waals surface area contributed by atoms with Crippen molar-refractivity contribution in [2.24, 2.45) is 10.7 Å². The zero-order chi connectivity index (χ0) is 19.8. The van der Waals surface area contributed by atoms with Crippen LogP contribution in [0.1, 0.15) is 56.2 Å². The third-order valence-electron chi connectivity index (χ3n) is 5.17. The minimum Gasteiger partial charge on any atom is -0.382 e. The number of nitriles is 1. The lowest BCUT2D eigenvalue weighted by Gasteiger charge is -2.16. The van der Waals surface area contributed by atoms with Crippen molar-refractivity contribution in [2.45, 2.75) is 57.4 Å². The van der Waals surface area contributed by atoms with Crippen LogP contribution in [0.25, 0.3) is 5.69 Å².